The number of carbonyl (C=O) groups is 1. The second kappa shape index (κ2) is 7.77. The highest BCUT2D eigenvalue weighted by atomic mass is 79.9. The predicted molar refractivity (Wildman–Crippen MR) is 105 cm³/mol. The van der Waals surface area contributed by atoms with Gasteiger partial charge in [-0.15, -0.1) is 0 Å². The summed E-state index contributed by atoms with van der Waals surface area (Å²) < 4.78 is 28.1. The third-order valence-corrected chi connectivity index (χ3v) is 5.45. The summed E-state index contributed by atoms with van der Waals surface area (Å²) in [4.78, 5) is 16.3. The van der Waals surface area contributed by atoms with Crippen molar-refractivity contribution in [1.82, 2.24) is 4.98 Å². The molecule has 0 spiro atoms. The van der Waals surface area contributed by atoms with E-state index in [1.165, 1.54) is 48.7 Å². The molecular weight excluding hydrogens is 434 g/mol. The number of halogens is 1. The molecule has 0 bridgehead atoms. The number of hydrogen-bond donors (Lipinski definition) is 3. The van der Waals surface area contributed by atoms with Crippen LogP contribution in [-0.2, 0) is 10.0 Å². The lowest BCUT2D eigenvalue weighted by molar-refractivity contribution is 0.102. The largest absolute Gasteiger partial charge is 0.504 e. The Morgan fingerprint density at radius 3 is 2.48 bits per heavy atom. The van der Waals surface area contributed by atoms with Gasteiger partial charge in [0, 0.05) is 21.9 Å². The molecule has 1 heterocycles. The van der Waals surface area contributed by atoms with Crippen LogP contribution < -0.4 is 10.0 Å². The molecule has 1 amide bonds. The first-order valence-electron chi connectivity index (χ1n) is 7.69. The lowest BCUT2D eigenvalue weighted by Crippen LogP contribution is -2.15. The van der Waals surface area contributed by atoms with Gasteiger partial charge < -0.3 is 10.4 Å². The Balaban J connectivity index is 1.80. The van der Waals surface area contributed by atoms with Crippen LogP contribution in [0.2, 0.25) is 0 Å². The van der Waals surface area contributed by atoms with Crippen molar-refractivity contribution in [3.63, 3.8) is 0 Å². The van der Waals surface area contributed by atoms with Crippen LogP contribution in [0.25, 0.3) is 0 Å². The highest BCUT2D eigenvalue weighted by molar-refractivity contribution is 9.10. The number of aromatic hydroxyl groups is 1. The minimum absolute atomic E-state index is 0.0170. The molecule has 0 aliphatic heterocycles. The second-order valence-electron chi connectivity index (χ2n) is 5.47. The van der Waals surface area contributed by atoms with Gasteiger partial charge in [-0.1, -0.05) is 22.0 Å². The van der Waals surface area contributed by atoms with E-state index in [-0.39, 0.29) is 27.7 Å². The molecule has 9 heteroatoms. The standard InChI is InChI=1S/C18H14BrN3O4S/c19-13-6-8-15(9-7-13)27(25,26)22-14-4-1-3-12(11-14)18(24)21-17-16(23)5-2-10-20-17/h1-11,22-23H,(H,20,21,24). The zero-order valence-corrected chi connectivity index (χ0v) is 16.2. The first-order valence-corrected chi connectivity index (χ1v) is 9.96. The van der Waals surface area contributed by atoms with Gasteiger partial charge in [0.2, 0.25) is 0 Å². The van der Waals surface area contributed by atoms with E-state index in [1.807, 2.05) is 0 Å². The molecule has 27 heavy (non-hydrogen) atoms. The molecule has 3 aromatic rings. The van der Waals surface area contributed by atoms with E-state index in [4.69, 9.17) is 0 Å². The van der Waals surface area contributed by atoms with Gasteiger partial charge in [0.1, 0.15) is 0 Å². The van der Waals surface area contributed by atoms with Gasteiger partial charge in [0.25, 0.3) is 15.9 Å². The van der Waals surface area contributed by atoms with Gasteiger partial charge in [-0.25, -0.2) is 13.4 Å². The first kappa shape index (κ1) is 18.9. The summed E-state index contributed by atoms with van der Waals surface area (Å²) in [5.74, 6) is -0.685. The number of anilines is 2. The van der Waals surface area contributed by atoms with Crippen LogP contribution in [0.3, 0.4) is 0 Å². The van der Waals surface area contributed by atoms with Crippen LogP contribution >= 0.6 is 15.9 Å². The van der Waals surface area contributed by atoms with Gasteiger partial charge >= 0.3 is 0 Å². The summed E-state index contributed by atoms with van der Waals surface area (Å²) in [6, 6.07) is 15.1. The maximum absolute atomic E-state index is 12.5. The predicted octanol–water partition coefficient (Wildman–Crippen LogP) is 3.60. The van der Waals surface area contributed by atoms with Crippen LogP contribution in [0.1, 0.15) is 10.4 Å². The van der Waals surface area contributed by atoms with Crippen molar-refractivity contribution in [2.75, 3.05) is 10.0 Å². The second-order valence-corrected chi connectivity index (χ2v) is 8.06. The van der Waals surface area contributed by atoms with E-state index in [0.29, 0.717) is 0 Å². The summed E-state index contributed by atoms with van der Waals surface area (Å²) in [6.45, 7) is 0. The number of benzene rings is 2. The molecule has 0 unspecified atom stereocenters. The average molecular weight is 448 g/mol. The van der Waals surface area contributed by atoms with Crippen LogP contribution in [0.5, 0.6) is 5.75 Å². The Hall–Kier alpha value is -2.91. The molecule has 2 aromatic carbocycles. The molecule has 0 saturated carbocycles. The van der Waals surface area contributed by atoms with E-state index >= 15 is 0 Å². The molecular formula is C18H14BrN3O4S. The number of hydrogen-bond acceptors (Lipinski definition) is 5. The quantitative estimate of drug-likeness (QED) is 0.553. The fraction of sp³-hybridized carbons (Fsp3) is 0. The van der Waals surface area contributed by atoms with Crippen molar-refractivity contribution in [3.8, 4) is 5.75 Å². The molecule has 3 N–H and O–H groups in total. The summed E-state index contributed by atoms with van der Waals surface area (Å²) in [5.41, 5.74) is 0.437. The van der Waals surface area contributed by atoms with E-state index in [1.54, 1.807) is 18.2 Å². The fourth-order valence-corrected chi connectivity index (χ4v) is 3.54. The van der Waals surface area contributed by atoms with Crippen LogP contribution in [0, 0.1) is 0 Å². The minimum atomic E-state index is -3.79. The summed E-state index contributed by atoms with van der Waals surface area (Å²) in [7, 11) is -3.79. The molecule has 0 aliphatic rings. The number of nitrogens with zero attached hydrogens (tertiary/aromatic N) is 1. The number of amides is 1. The van der Waals surface area contributed by atoms with E-state index < -0.39 is 15.9 Å². The third kappa shape index (κ3) is 4.63. The van der Waals surface area contributed by atoms with Crippen molar-refractivity contribution >= 4 is 43.4 Å². The number of pyridine rings is 1. The smallest absolute Gasteiger partial charge is 0.261 e. The highest BCUT2D eigenvalue weighted by Crippen LogP contribution is 2.22. The SMILES string of the molecule is O=C(Nc1ncccc1O)c1cccc(NS(=O)(=O)c2ccc(Br)cc2)c1. The monoisotopic (exact) mass is 447 g/mol. The molecule has 3 rings (SSSR count). The van der Waals surface area contributed by atoms with Gasteiger partial charge in [-0.2, -0.15) is 0 Å². The number of nitrogens with one attached hydrogen (secondary N) is 2. The Labute approximate surface area is 164 Å². The number of aromatic nitrogens is 1. The van der Waals surface area contributed by atoms with Crippen LogP contribution in [-0.4, -0.2) is 24.4 Å². The maximum Gasteiger partial charge on any atom is 0.261 e. The molecule has 7 nitrogen and oxygen atoms in total. The van der Waals surface area contributed by atoms with Crippen molar-refractivity contribution in [2.24, 2.45) is 0 Å². The fourth-order valence-electron chi connectivity index (χ4n) is 2.22. The first-order chi connectivity index (χ1) is 12.8. The molecule has 138 valence electrons. The van der Waals surface area contributed by atoms with Gasteiger partial charge in [-0.05, 0) is 54.6 Å². The van der Waals surface area contributed by atoms with Gasteiger partial charge in [0.15, 0.2) is 11.6 Å². The minimum Gasteiger partial charge on any atom is -0.504 e. The molecule has 0 fully saturated rings. The maximum atomic E-state index is 12.5. The van der Waals surface area contributed by atoms with Crippen molar-refractivity contribution in [1.29, 1.82) is 0 Å². The molecule has 0 radical (unpaired) electrons. The van der Waals surface area contributed by atoms with Crippen LogP contribution in [0.4, 0.5) is 11.5 Å². The normalized spacial score (nSPS) is 11.0. The zero-order chi connectivity index (χ0) is 19.4. The van der Waals surface area contributed by atoms with Crippen molar-refractivity contribution in [3.05, 3.63) is 76.9 Å². The molecule has 0 saturated heterocycles. The Morgan fingerprint density at radius 1 is 1.04 bits per heavy atom. The lowest BCUT2D eigenvalue weighted by atomic mass is 10.2. The van der Waals surface area contributed by atoms with E-state index in [0.717, 1.165) is 4.47 Å². The summed E-state index contributed by atoms with van der Waals surface area (Å²) in [5, 5.41) is 12.2. The lowest BCUT2D eigenvalue weighted by Gasteiger charge is -2.10. The number of sulfonamides is 1. The molecule has 0 atom stereocenters. The topological polar surface area (TPSA) is 108 Å². The third-order valence-electron chi connectivity index (χ3n) is 3.52. The summed E-state index contributed by atoms with van der Waals surface area (Å²) in [6.07, 6.45) is 1.43. The van der Waals surface area contributed by atoms with E-state index in [2.05, 4.69) is 31.0 Å². The molecule has 1 aromatic heterocycles. The summed E-state index contributed by atoms with van der Waals surface area (Å²) >= 11 is 3.25. The van der Waals surface area contributed by atoms with Gasteiger partial charge in [-0.3, -0.25) is 9.52 Å². The Kier molecular flexibility index (Phi) is 5.43. The average Bonchev–Trinajstić information content (AvgIpc) is 2.64. The van der Waals surface area contributed by atoms with Gasteiger partial charge in [0.05, 0.1) is 4.90 Å². The number of carbonyl (C=O) groups excluding carboxylic acids is 1. The van der Waals surface area contributed by atoms with Crippen LogP contribution in [0.15, 0.2) is 76.2 Å². The highest BCUT2D eigenvalue weighted by Gasteiger charge is 2.15. The number of rotatable bonds is 5. The Morgan fingerprint density at radius 2 is 1.78 bits per heavy atom. The van der Waals surface area contributed by atoms with E-state index in [9.17, 15) is 18.3 Å². The zero-order valence-electron chi connectivity index (χ0n) is 13.8. The Bertz CT molecular complexity index is 1090. The van der Waals surface area contributed by atoms with Crippen molar-refractivity contribution < 1.29 is 18.3 Å². The van der Waals surface area contributed by atoms with Crippen molar-refractivity contribution in [2.45, 2.75) is 4.90 Å². The molecule has 0 aliphatic carbocycles.